The minimum atomic E-state index is -0.250. The van der Waals surface area contributed by atoms with Gasteiger partial charge < -0.3 is 11.3 Å². The van der Waals surface area contributed by atoms with E-state index in [2.05, 4.69) is 4.98 Å². The third-order valence-corrected chi connectivity index (χ3v) is 0.892. The molecule has 0 saturated heterocycles. The van der Waals surface area contributed by atoms with E-state index in [4.69, 9.17) is 21.5 Å². The molecule has 0 unspecified atom stereocenters. The molecule has 0 aliphatic rings. The minimum absolute atomic E-state index is 0. The number of hydrogen-bond acceptors (Lipinski definition) is 3. The van der Waals surface area contributed by atoms with Gasteiger partial charge in [-0.1, -0.05) is 11.6 Å². The molecule has 1 heterocycles. The Kier molecular flexibility index (Phi) is 10.1. The zero-order valence-corrected chi connectivity index (χ0v) is 6.53. The maximum Gasteiger partial charge on any atom is 0.290 e. The topological polar surface area (TPSA) is 85.2 Å². The van der Waals surface area contributed by atoms with Crippen molar-refractivity contribution in [2.75, 3.05) is 0 Å². The lowest BCUT2D eigenvalue weighted by atomic mass is 10.5. The Bertz CT molecular complexity index is 181. The summed E-state index contributed by atoms with van der Waals surface area (Å²) in [5.74, 6) is 0. The highest BCUT2D eigenvalue weighted by Gasteiger charge is 1.75. The lowest BCUT2D eigenvalue weighted by Gasteiger charge is -1.79. The van der Waals surface area contributed by atoms with Crippen molar-refractivity contribution in [1.29, 1.82) is 0 Å². The number of carbonyl (C=O) groups is 1. The van der Waals surface area contributed by atoms with Crippen molar-refractivity contribution in [2.24, 2.45) is 0 Å². The summed E-state index contributed by atoms with van der Waals surface area (Å²) < 4.78 is 0. The van der Waals surface area contributed by atoms with Gasteiger partial charge >= 0.3 is 0 Å². The van der Waals surface area contributed by atoms with Crippen LogP contribution in [-0.2, 0) is 4.79 Å². The Hall–Kier alpha value is -1.13. The lowest BCUT2D eigenvalue weighted by molar-refractivity contribution is -0.122. The Morgan fingerprint density at radius 2 is 1.82 bits per heavy atom. The fraction of sp³-hybridized carbons (Fsp3) is 0. The number of halogens is 1. The standard InChI is InChI=1S/C5H4ClN.CH2O2.H3N/c6-5-1-3-7-4-2-5;2-1-3;/h1-4H;1H,(H,2,3);1H3. The second kappa shape index (κ2) is 8.87. The molecule has 1 rings (SSSR count). The fourth-order valence-electron chi connectivity index (χ4n) is 0.334. The van der Waals surface area contributed by atoms with E-state index in [1.165, 1.54) is 0 Å². The number of carboxylic acid groups (broad SMARTS) is 1. The van der Waals surface area contributed by atoms with Crippen LogP contribution >= 0.6 is 11.6 Å². The highest BCUT2D eigenvalue weighted by Crippen LogP contribution is 2.01. The molecule has 1 aromatic heterocycles. The summed E-state index contributed by atoms with van der Waals surface area (Å²) in [6.45, 7) is -0.250. The number of pyridine rings is 1. The fourth-order valence-corrected chi connectivity index (χ4v) is 0.446. The first kappa shape index (κ1) is 12.5. The van der Waals surface area contributed by atoms with Crippen LogP contribution in [0.5, 0.6) is 0 Å². The molecule has 1 aromatic rings. The molecule has 0 atom stereocenters. The Morgan fingerprint density at radius 3 is 2.00 bits per heavy atom. The van der Waals surface area contributed by atoms with Crippen molar-refractivity contribution in [2.45, 2.75) is 0 Å². The summed E-state index contributed by atoms with van der Waals surface area (Å²) in [6.07, 6.45) is 3.31. The maximum absolute atomic E-state index is 8.36. The molecule has 0 bridgehead atoms. The zero-order chi connectivity index (χ0) is 7.82. The third kappa shape index (κ3) is 8.87. The molecule has 0 amide bonds. The van der Waals surface area contributed by atoms with Gasteiger partial charge in [0.1, 0.15) is 0 Å². The molecule has 0 aliphatic carbocycles. The number of rotatable bonds is 0. The van der Waals surface area contributed by atoms with E-state index in [1.807, 2.05) is 0 Å². The Balaban J connectivity index is 0. The predicted octanol–water partition coefficient (Wildman–Crippen LogP) is 1.60. The minimum Gasteiger partial charge on any atom is -0.483 e. The van der Waals surface area contributed by atoms with Crippen molar-refractivity contribution < 1.29 is 9.90 Å². The van der Waals surface area contributed by atoms with Gasteiger partial charge in [0.15, 0.2) is 0 Å². The van der Waals surface area contributed by atoms with Gasteiger partial charge in [0.2, 0.25) is 0 Å². The van der Waals surface area contributed by atoms with E-state index in [9.17, 15) is 0 Å². The van der Waals surface area contributed by atoms with Crippen molar-refractivity contribution in [3.8, 4) is 0 Å². The molecule has 0 aliphatic heterocycles. The van der Waals surface area contributed by atoms with E-state index in [-0.39, 0.29) is 12.6 Å². The largest absolute Gasteiger partial charge is 0.483 e. The molecule has 5 heteroatoms. The van der Waals surface area contributed by atoms with Crippen LogP contribution in [0.1, 0.15) is 0 Å². The lowest BCUT2D eigenvalue weighted by Crippen LogP contribution is -1.63. The van der Waals surface area contributed by atoms with Gasteiger partial charge in [-0.05, 0) is 12.1 Å². The van der Waals surface area contributed by atoms with Gasteiger partial charge in [0.05, 0.1) is 0 Å². The monoisotopic (exact) mass is 176 g/mol. The normalized spacial score (nSPS) is 6.64. The molecule has 4 N–H and O–H groups in total. The molecule has 62 valence electrons. The number of aromatic nitrogens is 1. The highest BCUT2D eigenvalue weighted by molar-refractivity contribution is 6.30. The third-order valence-electron chi connectivity index (χ3n) is 0.640. The zero-order valence-electron chi connectivity index (χ0n) is 5.77. The van der Waals surface area contributed by atoms with E-state index >= 15 is 0 Å². The Labute approximate surface area is 69.4 Å². The van der Waals surface area contributed by atoms with Crippen LogP contribution in [0.25, 0.3) is 0 Å². The van der Waals surface area contributed by atoms with Crippen molar-refractivity contribution in [3.05, 3.63) is 29.5 Å². The van der Waals surface area contributed by atoms with Crippen LogP contribution in [0.4, 0.5) is 0 Å². The SMILES string of the molecule is Clc1ccncc1.N.O=CO. The molecule has 0 saturated carbocycles. The molecule has 0 radical (unpaired) electrons. The average Bonchev–Trinajstić information content (AvgIpc) is 1.91. The molecule has 4 nitrogen and oxygen atoms in total. The smallest absolute Gasteiger partial charge is 0.290 e. The molecular weight excluding hydrogens is 168 g/mol. The van der Waals surface area contributed by atoms with Gasteiger partial charge in [-0.25, -0.2) is 0 Å². The van der Waals surface area contributed by atoms with E-state index in [1.54, 1.807) is 24.5 Å². The van der Waals surface area contributed by atoms with Gasteiger partial charge in [-0.2, -0.15) is 0 Å². The van der Waals surface area contributed by atoms with Gasteiger partial charge in [-0.15, -0.1) is 0 Å². The van der Waals surface area contributed by atoms with Crippen LogP contribution in [0, 0.1) is 0 Å². The first-order valence-corrected chi connectivity index (χ1v) is 2.82. The first-order valence-electron chi connectivity index (χ1n) is 2.44. The van der Waals surface area contributed by atoms with Crippen LogP contribution in [0.15, 0.2) is 24.5 Å². The van der Waals surface area contributed by atoms with Crippen LogP contribution in [0.3, 0.4) is 0 Å². The number of hydrogen-bond donors (Lipinski definition) is 2. The molecule has 0 fully saturated rings. The predicted molar refractivity (Wildman–Crippen MR) is 43.0 cm³/mol. The van der Waals surface area contributed by atoms with E-state index < -0.39 is 0 Å². The van der Waals surface area contributed by atoms with Gasteiger partial charge in [-0.3, -0.25) is 9.78 Å². The number of nitrogens with zero attached hydrogens (tertiary/aromatic N) is 1. The molecular formula is C6H9ClN2O2. The van der Waals surface area contributed by atoms with E-state index in [0.29, 0.717) is 0 Å². The van der Waals surface area contributed by atoms with Crippen molar-refractivity contribution in [3.63, 3.8) is 0 Å². The molecule has 0 spiro atoms. The van der Waals surface area contributed by atoms with E-state index in [0.717, 1.165) is 5.02 Å². The van der Waals surface area contributed by atoms with Crippen LogP contribution < -0.4 is 6.15 Å². The Morgan fingerprint density at radius 1 is 1.45 bits per heavy atom. The summed E-state index contributed by atoms with van der Waals surface area (Å²) in [6, 6.07) is 3.48. The average molecular weight is 177 g/mol. The second-order valence-corrected chi connectivity index (χ2v) is 1.71. The van der Waals surface area contributed by atoms with Crippen molar-refractivity contribution in [1.82, 2.24) is 11.1 Å². The quantitative estimate of drug-likeness (QED) is 0.588. The first-order chi connectivity index (χ1) is 4.81. The van der Waals surface area contributed by atoms with Crippen LogP contribution in [-0.4, -0.2) is 16.6 Å². The summed E-state index contributed by atoms with van der Waals surface area (Å²) in [4.78, 5) is 12.1. The molecule has 11 heavy (non-hydrogen) atoms. The van der Waals surface area contributed by atoms with Gasteiger partial charge in [0, 0.05) is 17.4 Å². The summed E-state index contributed by atoms with van der Waals surface area (Å²) in [5.41, 5.74) is 0. The highest BCUT2D eigenvalue weighted by atomic mass is 35.5. The summed E-state index contributed by atoms with van der Waals surface area (Å²) >= 11 is 5.50. The van der Waals surface area contributed by atoms with Gasteiger partial charge in [0.25, 0.3) is 6.47 Å². The van der Waals surface area contributed by atoms with Crippen molar-refractivity contribution >= 4 is 18.1 Å². The molecule has 0 aromatic carbocycles. The summed E-state index contributed by atoms with van der Waals surface area (Å²) in [7, 11) is 0. The maximum atomic E-state index is 8.36. The second-order valence-electron chi connectivity index (χ2n) is 1.27. The van der Waals surface area contributed by atoms with Crippen LogP contribution in [0.2, 0.25) is 5.02 Å². The summed E-state index contributed by atoms with van der Waals surface area (Å²) in [5, 5.41) is 7.62.